The van der Waals surface area contributed by atoms with E-state index >= 15 is 0 Å². The monoisotopic (exact) mass is 1810 g/mol. The van der Waals surface area contributed by atoms with Gasteiger partial charge in [0.15, 0.2) is 0 Å². The molecule has 0 aliphatic heterocycles. The lowest BCUT2D eigenvalue weighted by molar-refractivity contribution is 0.0725. The van der Waals surface area contributed by atoms with Gasteiger partial charge in [-0.2, -0.15) is 0 Å². The summed E-state index contributed by atoms with van der Waals surface area (Å²) in [5.41, 5.74) is 9.30. The third-order valence-electron chi connectivity index (χ3n) is 20.3. The van der Waals surface area contributed by atoms with Gasteiger partial charge in [0.2, 0.25) is 0 Å². The van der Waals surface area contributed by atoms with Crippen LogP contribution < -0.4 is 23.7 Å². The maximum atomic E-state index is 12.1. The second kappa shape index (κ2) is 70.1. The van der Waals surface area contributed by atoms with Crippen molar-refractivity contribution in [2.45, 2.75) is 284 Å². The Balaban J connectivity index is 0.000000774. The van der Waals surface area contributed by atoms with E-state index in [1.807, 2.05) is 121 Å². The highest BCUT2D eigenvalue weighted by Gasteiger charge is 2.15. The van der Waals surface area contributed by atoms with Crippen molar-refractivity contribution in [3.05, 3.63) is 298 Å². The van der Waals surface area contributed by atoms with E-state index in [2.05, 4.69) is 97.8 Å². The molecule has 0 spiro atoms. The highest BCUT2D eigenvalue weighted by Crippen LogP contribution is 2.25. The number of carbonyl (C=O) groups excluding carboxylic acids is 5. The van der Waals surface area contributed by atoms with E-state index in [0.29, 0.717) is 56.6 Å². The van der Waals surface area contributed by atoms with E-state index < -0.39 is 0 Å². The largest absolute Gasteiger partial charge is 0.423 e. The Morgan fingerprint density at radius 3 is 0.424 bits per heavy atom. The van der Waals surface area contributed by atoms with Gasteiger partial charge in [-0.3, -0.25) is 23.5 Å². The van der Waals surface area contributed by atoms with Crippen molar-refractivity contribution in [1.82, 2.24) is 0 Å². The van der Waals surface area contributed by atoms with Crippen LogP contribution >= 0.6 is 63.1 Å². The predicted molar refractivity (Wildman–Crippen MR) is 523 cm³/mol. The van der Waals surface area contributed by atoms with Gasteiger partial charge >= 0.3 is 29.8 Å². The molecule has 0 saturated carbocycles. The van der Waals surface area contributed by atoms with E-state index in [1.165, 1.54) is 220 Å². The molecule has 0 saturated heterocycles. The molecule has 0 amide bonds. The van der Waals surface area contributed by atoms with Gasteiger partial charge < -0.3 is 23.7 Å². The van der Waals surface area contributed by atoms with Crippen molar-refractivity contribution in [2.75, 3.05) is 0 Å². The quantitative estimate of drug-likeness (QED) is 0.00827. The highest BCUT2D eigenvalue weighted by molar-refractivity contribution is 7.81. The predicted octanol–water partition coefficient (Wildman–Crippen LogP) is 31.3. The number of carbonyl (C=O) groups is 5. The van der Waals surface area contributed by atoms with Crippen LogP contribution in [-0.2, 0) is 32.1 Å². The molecule has 0 fully saturated rings. The maximum absolute atomic E-state index is 12.1. The normalized spacial score (nSPS) is 10.2. The number of thiol groups is 5. The third-order valence-corrected chi connectivity index (χ3v) is 21.8. The van der Waals surface area contributed by atoms with Gasteiger partial charge in [0.1, 0.15) is 28.7 Å². The number of ether oxygens (including phenoxy) is 5. The summed E-state index contributed by atoms with van der Waals surface area (Å²) in [5.74, 6) is 1.05. The Labute approximate surface area is 769 Å². The second-order valence-electron chi connectivity index (χ2n) is 30.5. The summed E-state index contributed by atoms with van der Waals surface area (Å²) >= 11 is 21.1. The fourth-order valence-electron chi connectivity index (χ4n) is 13.0. The van der Waals surface area contributed by atoms with Crippen LogP contribution in [0.4, 0.5) is 23.5 Å². The molecule has 0 heterocycles. The number of esters is 5. The smallest absolute Gasteiger partial charge is 0.343 e. The van der Waals surface area contributed by atoms with Gasteiger partial charge in [-0.05, 0) is 274 Å². The molecule has 680 valence electrons. The molecule has 0 unspecified atom stereocenters. The van der Waals surface area contributed by atoms with E-state index in [0.717, 1.165) is 56.6 Å². The number of halogens is 5. The molecule has 10 rings (SSSR count). The van der Waals surface area contributed by atoms with Gasteiger partial charge in [-0.1, -0.05) is 256 Å². The van der Waals surface area contributed by atoms with Crippen molar-refractivity contribution < 1.29 is 71.2 Å². The SMILES string of the molecule is CCCCCCCCc1ccc(C(=O)Oc2ccc(S)cc2)cc1.CCCCCCCCc1ccc(C(=O)Oc2ccc(S)cc2)cc1.CCCCCCCCc1ccc(C(=O)Oc2ccc(S)cc2)cc1.CCCCCCCCc1ccc(C(=O)Oc2ccc(S)cc2)cc1.CCCCCCCCc1ccc(C(=O)Oc2ccc(S)cc2)cc1.F.F.F.F.F. The van der Waals surface area contributed by atoms with Crippen LogP contribution in [0.3, 0.4) is 0 Å². The Bertz CT molecular complexity index is 3780. The number of benzene rings is 10. The van der Waals surface area contributed by atoms with E-state index in [1.54, 1.807) is 121 Å². The van der Waals surface area contributed by atoms with Crippen molar-refractivity contribution in [1.29, 1.82) is 0 Å². The number of aryl methyl sites for hydroxylation is 5. The standard InChI is InChI=1S/5C21H26O2S.5FH/c5*1-2-3-4-5-6-7-8-17-9-11-18(12-10-17)21(22)23-19-13-15-20(24)16-14-19;;;;;/h5*9-16,24H,2-8H2,1H3;5*1H. The molecule has 0 N–H and O–H groups in total. The molecule has 10 aromatic rings. The first-order valence-corrected chi connectivity index (χ1v) is 46.2. The minimum atomic E-state index is -0.326. The zero-order chi connectivity index (χ0) is 86.0. The summed E-state index contributed by atoms with van der Waals surface area (Å²) in [6.07, 6.45) is 44.3. The molecule has 0 atom stereocenters. The van der Waals surface area contributed by atoms with Gasteiger partial charge in [-0.25, -0.2) is 24.0 Å². The molecule has 125 heavy (non-hydrogen) atoms. The van der Waals surface area contributed by atoms with Crippen LogP contribution in [0.25, 0.3) is 0 Å². The fourth-order valence-corrected chi connectivity index (χ4v) is 13.7. The Kier molecular flexibility index (Phi) is 63.9. The van der Waals surface area contributed by atoms with Crippen LogP contribution in [0.5, 0.6) is 28.7 Å². The fraction of sp³-hybridized carbons (Fsp3) is 0.381. The summed E-state index contributed by atoms with van der Waals surface area (Å²) in [5, 5.41) is 0. The van der Waals surface area contributed by atoms with Crippen molar-refractivity contribution in [3.63, 3.8) is 0 Å². The van der Waals surface area contributed by atoms with Gasteiger partial charge in [-0.15, -0.1) is 63.1 Å². The van der Waals surface area contributed by atoms with Crippen molar-refractivity contribution in [2.24, 2.45) is 0 Å². The number of hydrogen-bond donors (Lipinski definition) is 5. The molecule has 10 aromatic carbocycles. The van der Waals surface area contributed by atoms with Gasteiger partial charge in [0.05, 0.1) is 27.8 Å². The summed E-state index contributed by atoms with van der Waals surface area (Å²) in [6.45, 7) is 11.2. The van der Waals surface area contributed by atoms with Crippen LogP contribution in [0.15, 0.2) is 267 Å². The molecule has 0 aromatic heterocycles. The van der Waals surface area contributed by atoms with Crippen molar-refractivity contribution >= 4 is 93.0 Å². The second-order valence-corrected chi connectivity index (χ2v) is 33.1. The molecule has 0 radical (unpaired) electrons. The van der Waals surface area contributed by atoms with Gasteiger partial charge in [0.25, 0.3) is 0 Å². The van der Waals surface area contributed by atoms with Crippen LogP contribution in [0.1, 0.15) is 307 Å². The highest BCUT2D eigenvalue weighted by atomic mass is 32.1. The third kappa shape index (κ3) is 50.2. The zero-order valence-corrected chi connectivity index (χ0v) is 78.2. The first-order chi connectivity index (χ1) is 58.4. The molecular formula is C105H135F5O10S5. The lowest BCUT2D eigenvalue weighted by atomic mass is 10.0. The van der Waals surface area contributed by atoms with E-state index in [-0.39, 0.29) is 53.4 Å². The topological polar surface area (TPSA) is 132 Å². The molecule has 10 nitrogen and oxygen atoms in total. The summed E-state index contributed by atoms with van der Waals surface area (Å²) in [4.78, 5) is 64.9. The molecule has 0 aliphatic carbocycles. The van der Waals surface area contributed by atoms with Crippen LogP contribution in [0, 0.1) is 0 Å². The lowest BCUT2D eigenvalue weighted by Gasteiger charge is -2.06. The minimum absolute atomic E-state index is 0. The minimum Gasteiger partial charge on any atom is -0.423 e. The van der Waals surface area contributed by atoms with Crippen LogP contribution in [0.2, 0.25) is 0 Å². The zero-order valence-electron chi connectivity index (χ0n) is 73.7. The Morgan fingerprint density at radius 1 is 0.176 bits per heavy atom. The van der Waals surface area contributed by atoms with E-state index in [9.17, 15) is 24.0 Å². The molecule has 20 heteroatoms. The van der Waals surface area contributed by atoms with Gasteiger partial charge in [0, 0.05) is 24.5 Å². The van der Waals surface area contributed by atoms with Crippen LogP contribution in [-0.4, -0.2) is 29.8 Å². The molecule has 0 aliphatic rings. The first kappa shape index (κ1) is 114. The average molecular weight is 1810 g/mol. The average Bonchev–Trinajstić information content (AvgIpc) is 0.887. The number of hydrogen-bond acceptors (Lipinski definition) is 15. The van der Waals surface area contributed by atoms with Crippen molar-refractivity contribution in [3.8, 4) is 28.7 Å². The van der Waals surface area contributed by atoms with E-state index in [4.69, 9.17) is 23.7 Å². The Morgan fingerprint density at radius 2 is 0.296 bits per heavy atom. The first-order valence-electron chi connectivity index (χ1n) is 43.9. The summed E-state index contributed by atoms with van der Waals surface area (Å²) < 4.78 is 26.8. The molecular weight excluding hydrogens is 1680 g/mol. The number of unbranched alkanes of at least 4 members (excludes halogenated alkanes) is 25. The maximum Gasteiger partial charge on any atom is 0.343 e. The summed E-state index contributed by atoms with van der Waals surface area (Å²) in [6, 6.07) is 74.2. The lowest BCUT2D eigenvalue weighted by Crippen LogP contribution is -2.08. The molecule has 0 bridgehead atoms. The Hall–Kier alpha value is -9.05. The summed E-state index contributed by atoms with van der Waals surface area (Å²) in [7, 11) is 0. The number of rotatable bonds is 45.